The number of nitriles is 1. The van der Waals surface area contributed by atoms with Gasteiger partial charge in [0.1, 0.15) is 5.75 Å². The molecule has 3 aromatic rings. The highest BCUT2D eigenvalue weighted by molar-refractivity contribution is 8.00. The van der Waals surface area contributed by atoms with Crippen LogP contribution >= 0.6 is 11.8 Å². The Hall–Kier alpha value is -2.78. The number of hydrogen-bond donors (Lipinski definition) is 0. The molecule has 0 aliphatic carbocycles. The molecule has 6 heteroatoms. The topological polar surface area (TPSA) is 67.9 Å². The summed E-state index contributed by atoms with van der Waals surface area (Å²) >= 11 is 1.26. The molecule has 0 radical (unpaired) electrons. The fourth-order valence-corrected chi connectivity index (χ4v) is 3.17. The Morgan fingerprint density at radius 2 is 2.04 bits per heavy atom. The summed E-state index contributed by atoms with van der Waals surface area (Å²) in [6.07, 6.45) is 0. The van der Waals surface area contributed by atoms with E-state index >= 15 is 0 Å². The van der Waals surface area contributed by atoms with Crippen LogP contribution in [0.25, 0.3) is 16.6 Å². The molecule has 24 heavy (non-hydrogen) atoms. The summed E-state index contributed by atoms with van der Waals surface area (Å²) in [6, 6.07) is 16.6. The van der Waals surface area contributed by atoms with Crippen LogP contribution in [0, 0.1) is 11.3 Å². The van der Waals surface area contributed by atoms with Crippen LogP contribution in [0.4, 0.5) is 0 Å². The van der Waals surface area contributed by atoms with E-state index in [9.17, 15) is 4.79 Å². The maximum absolute atomic E-state index is 13.0. The van der Waals surface area contributed by atoms with E-state index in [1.165, 1.54) is 16.3 Å². The summed E-state index contributed by atoms with van der Waals surface area (Å²) in [6.45, 7) is 1.78. The third-order valence-electron chi connectivity index (χ3n) is 3.52. The zero-order valence-corrected chi connectivity index (χ0v) is 14.1. The van der Waals surface area contributed by atoms with Gasteiger partial charge in [0.05, 0.1) is 35.0 Å². The van der Waals surface area contributed by atoms with E-state index < -0.39 is 0 Å². The van der Waals surface area contributed by atoms with Crippen LogP contribution in [0.5, 0.6) is 5.75 Å². The van der Waals surface area contributed by atoms with Gasteiger partial charge in [-0.05, 0) is 31.2 Å². The van der Waals surface area contributed by atoms with Gasteiger partial charge in [-0.25, -0.2) is 4.98 Å². The van der Waals surface area contributed by atoms with Gasteiger partial charge in [0.25, 0.3) is 5.56 Å². The SMILES string of the molecule is COc1cccc(-n2c(SC(C)C#N)nc3ccccc3c2=O)c1. The van der Waals surface area contributed by atoms with E-state index in [1.54, 1.807) is 32.2 Å². The minimum absolute atomic E-state index is 0.165. The van der Waals surface area contributed by atoms with E-state index in [0.717, 1.165) is 0 Å². The van der Waals surface area contributed by atoms with Crippen molar-refractivity contribution in [2.75, 3.05) is 7.11 Å². The van der Waals surface area contributed by atoms with Crippen molar-refractivity contribution in [2.45, 2.75) is 17.3 Å². The van der Waals surface area contributed by atoms with Crippen LogP contribution in [-0.2, 0) is 0 Å². The number of fused-ring (bicyclic) bond motifs is 1. The summed E-state index contributed by atoms with van der Waals surface area (Å²) in [4.78, 5) is 17.6. The molecule has 120 valence electrons. The van der Waals surface area contributed by atoms with Gasteiger partial charge in [0.15, 0.2) is 5.16 Å². The quantitative estimate of drug-likeness (QED) is 0.539. The average Bonchev–Trinajstić information content (AvgIpc) is 2.62. The number of methoxy groups -OCH3 is 1. The molecule has 5 nitrogen and oxygen atoms in total. The minimum Gasteiger partial charge on any atom is -0.497 e. The van der Waals surface area contributed by atoms with E-state index in [0.29, 0.717) is 27.5 Å². The average molecular weight is 337 g/mol. The Labute approximate surface area is 143 Å². The molecule has 0 saturated carbocycles. The number of rotatable bonds is 4. The molecule has 0 aliphatic rings. The van der Waals surface area contributed by atoms with E-state index in [4.69, 9.17) is 10.00 Å². The van der Waals surface area contributed by atoms with Gasteiger partial charge < -0.3 is 4.74 Å². The highest BCUT2D eigenvalue weighted by Crippen LogP contribution is 2.26. The van der Waals surface area contributed by atoms with Gasteiger partial charge in [0, 0.05) is 6.07 Å². The molecule has 2 aromatic carbocycles. The van der Waals surface area contributed by atoms with Crippen LogP contribution in [0.2, 0.25) is 0 Å². The first-order valence-electron chi connectivity index (χ1n) is 7.36. The summed E-state index contributed by atoms with van der Waals surface area (Å²) in [7, 11) is 1.58. The van der Waals surface area contributed by atoms with Crippen LogP contribution < -0.4 is 10.3 Å². The molecular formula is C18H15N3O2S. The molecule has 3 rings (SSSR count). The van der Waals surface area contributed by atoms with Gasteiger partial charge in [-0.2, -0.15) is 5.26 Å². The molecule has 1 heterocycles. The minimum atomic E-state index is -0.324. The lowest BCUT2D eigenvalue weighted by Crippen LogP contribution is -2.22. The van der Waals surface area contributed by atoms with Gasteiger partial charge in [-0.15, -0.1) is 0 Å². The first-order valence-corrected chi connectivity index (χ1v) is 8.24. The lowest BCUT2D eigenvalue weighted by atomic mass is 10.2. The number of aromatic nitrogens is 2. The maximum atomic E-state index is 13.0. The number of nitrogens with zero attached hydrogens (tertiary/aromatic N) is 3. The van der Waals surface area contributed by atoms with Crippen molar-refractivity contribution >= 4 is 22.7 Å². The number of ether oxygens (including phenoxy) is 1. The summed E-state index contributed by atoms with van der Waals surface area (Å²) < 4.78 is 6.78. The van der Waals surface area contributed by atoms with E-state index in [1.807, 2.05) is 30.3 Å². The monoisotopic (exact) mass is 337 g/mol. The summed E-state index contributed by atoms with van der Waals surface area (Å²) in [5.74, 6) is 0.650. The Bertz CT molecular complexity index is 991. The fraction of sp³-hybridized carbons (Fsp3) is 0.167. The van der Waals surface area contributed by atoms with E-state index in [-0.39, 0.29) is 10.8 Å². The number of hydrogen-bond acceptors (Lipinski definition) is 5. The first kappa shape index (κ1) is 16.1. The van der Waals surface area contributed by atoms with Crippen molar-refractivity contribution in [3.05, 3.63) is 58.9 Å². The lowest BCUT2D eigenvalue weighted by Gasteiger charge is -2.14. The third kappa shape index (κ3) is 2.99. The second-order valence-electron chi connectivity index (χ2n) is 5.14. The third-order valence-corrected chi connectivity index (χ3v) is 4.46. The summed E-state index contributed by atoms with van der Waals surface area (Å²) in [5.41, 5.74) is 1.11. The van der Waals surface area contributed by atoms with Gasteiger partial charge in [0.2, 0.25) is 0 Å². The second-order valence-corrected chi connectivity index (χ2v) is 6.45. The fourth-order valence-electron chi connectivity index (χ4n) is 2.35. The molecule has 0 amide bonds. The van der Waals surface area contributed by atoms with Crippen molar-refractivity contribution in [1.82, 2.24) is 9.55 Å². The normalized spacial score (nSPS) is 11.9. The van der Waals surface area contributed by atoms with Crippen molar-refractivity contribution in [3.63, 3.8) is 0 Å². The van der Waals surface area contributed by atoms with Crippen LogP contribution in [0.15, 0.2) is 58.5 Å². The Kier molecular flexibility index (Phi) is 4.54. The van der Waals surface area contributed by atoms with Crippen molar-refractivity contribution in [3.8, 4) is 17.5 Å². The molecule has 0 spiro atoms. The van der Waals surface area contributed by atoms with Crippen molar-refractivity contribution in [1.29, 1.82) is 5.26 Å². The predicted molar refractivity (Wildman–Crippen MR) is 94.8 cm³/mol. The largest absolute Gasteiger partial charge is 0.497 e. The first-order chi connectivity index (χ1) is 11.6. The number of para-hydroxylation sites is 1. The number of thioether (sulfide) groups is 1. The highest BCUT2D eigenvalue weighted by Gasteiger charge is 2.16. The van der Waals surface area contributed by atoms with Crippen LogP contribution in [0.1, 0.15) is 6.92 Å². The Balaban J connectivity index is 2.30. The Morgan fingerprint density at radius 3 is 2.79 bits per heavy atom. The molecule has 1 atom stereocenters. The van der Waals surface area contributed by atoms with Gasteiger partial charge in [-0.1, -0.05) is 30.0 Å². The Morgan fingerprint density at radius 1 is 1.25 bits per heavy atom. The zero-order valence-electron chi connectivity index (χ0n) is 13.3. The zero-order chi connectivity index (χ0) is 17.1. The van der Waals surface area contributed by atoms with Crippen LogP contribution in [0.3, 0.4) is 0 Å². The molecule has 0 bridgehead atoms. The van der Waals surface area contributed by atoms with E-state index in [2.05, 4.69) is 11.1 Å². The van der Waals surface area contributed by atoms with Crippen molar-refractivity contribution < 1.29 is 4.74 Å². The lowest BCUT2D eigenvalue weighted by molar-refractivity contribution is 0.414. The highest BCUT2D eigenvalue weighted by atomic mass is 32.2. The molecular weight excluding hydrogens is 322 g/mol. The van der Waals surface area contributed by atoms with Gasteiger partial charge in [-0.3, -0.25) is 9.36 Å². The molecule has 1 aromatic heterocycles. The maximum Gasteiger partial charge on any atom is 0.266 e. The summed E-state index contributed by atoms with van der Waals surface area (Å²) in [5, 5.41) is 9.82. The molecule has 0 N–H and O–H groups in total. The molecule has 1 unspecified atom stereocenters. The second kappa shape index (κ2) is 6.77. The van der Waals surface area contributed by atoms with Crippen molar-refractivity contribution in [2.24, 2.45) is 0 Å². The number of benzene rings is 2. The van der Waals surface area contributed by atoms with Crippen LogP contribution in [-0.4, -0.2) is 21.9 Å². The smallest absolute Gasteiger partial charge is 0.266 e. The molecule has 0 fully saturated rings. The predicted octanol–water partition coefficient (Wildman–Crippen LogP) is 3.40. The molecule has 0 aliphatic heterocycles. The van der Waals surface area contributed by atoms with Gasteiger partial charge >= 0.3 is 0 Å². The standard InChI is InChI=1S/C18H15N3O2S/c1-12(11-19)24-18-20-16-9-4-3-8-15(16)17(22)21(18)13-6-5-7-14(10-13)23-2/h3-10,12H,1-2H3. The molecule has 0 saturated heterocycles.